The van der Waals surface area contributed by atoms with E-state index in [1.807, 2.05) is 32.0 Å². The monoisotopic (exact) mass is 326 g/mol. The van der Waals surface area contributed by atoms with Crippen molar-refractivity contribution < 1.29 is 9.66 Å². The second kappa shape index (κ2) is 6.19. The van der Waals surface area contributed by atoms with E-state index in [9.17, 15) is 10.1 Å². The quantitative estimate of drug-likeness (QED) is 0.570. The zero-order valence-corrected chi connectivity index (χ0v) is 13.7. The van der Waals surface area contributed by atoms with E-state index in [1.54, 1.807) is 31.5 Å². The Morgan fingerprint density at radius 3 is 2.83 bits per heavy atom. The molecule has 0 amide bonds. The minimum atomic E-state index is -0.428. The van der Waals surface area contributed by atoms with Crippen molar-refractivity contribution in [3.8, 4) is 5.75 Å². The number of nitrogens with zero attached hydrogens (tertiary/aromatic N) is 3. The van der Waals surface area contributed by atoms with Crippen molar-refractivity contribution in [1.29, 1.82) is 0 Å². The number of benzene rings is 1. The summed E-state index contributed by atoms with van der Waals surface area (Å²) in [5, 5.41) is 14.6. The lowest BCUT2D eigenvalue weighted by Crippen LogP contribution is -2.10. The summed E-state index contributed by atoms with van der Waals surface area (Å²) < 4.78 is 6.86. The third kappa shape index (κ3) is 2.76. The topological polar surface area (TPSA) is 81.7 Å². The average molecular weight is 326 g/mol. The number of pyridine rings is 1. The molecule has 0 saturated heterocycles. The van der Waals surface area contributed by atoms with Crippen LogP contribution in [0.1, 0.15) is 24.1 Å². The first-order chi connectivity index (χ1) is 11.5. The van der Waals surface area contributed by atoms with Crippen molar-refractivity contribution in [2.45, 2.75) is 19.9 Å². The minimum Gasteiger partial charge on any atom is -0.496 e. The second-order valence-corrected chi connectivity index (χ2v) is 5.58. The van der Waals surface area contributed by atoms with E-state index in [-0.39, 0.29) is 17.7 Å². The van der Waals surface area contributed by atoms with Gasteiger partial charge in [-0.3, -0.25) is 0 Å². The third-order valence-corrected chi connectivity index (χ3v) is 3.88. The molecule has 7 nitrogen and oxygen atoms in total. The molecule has 1 aromatic carbocycles. The Labute approximate surface area is 139 Å². The molecule has 1 atom stereocenters. The first-order valence-corrected chi connectivity index (χ1v) is 7.54. The molecule has 0 radical (unpaired) electrons. The van der Waals surface area contributed by atoms with Gasteiger partial charge in [0, 0.05) is 11.6 Å². The van der Waals surface area contributed by atoms with Gasteiger partial charge in [-0.15, -0.1) is 0 Å². The van der Waals surface area contributed by atoms with E-state index in [0.29, 0.717) is 5.65 Å². The number of imidazole rings is 1. The number of fused-ring (bicyclic) bond motifs is 1. The number of methoxy groups -OCH3 is 1. The van der Waals surface area contributed by atoms with Crippen LogP contribution in [0, 0.1) is 17.0 Å². The molecule has 2 aromatic heterocycles. The van der Waals surface area contributed by atoms with Gasteiger partial charge in [-0.1, -0.05) is 23.8 Å². The maximum atomic E-state index is 11.5. The Morgan fingerprint density at radius 1 is 1.33 bits per heavy atom. The van der Waals surface area contributed by atoms with Crippen molar-refractivity contribution in [3.63, 3.8) is 0 Å². The van der Waals surface area contributed by atoms with Crippen LogP contribution >= 0.6 is 0 Å². The molecule has 0 saturated carbocycles. The van der Waals surface area contributed by atoms with Crippen molar-refractivity contribution in [2.24, 2.45) is 0 Å². The fourth-order valence-corrected chi connectivity index (χ4v) is 2.73. The number of ether oxygens (including phenoxy) is 1. The molecule has 3 aromatic rings. The van der Waals surface area contributed by atoms with Crippen molar-refractivity contribution in [2.75, 3.05) is 12.4 Å². The first-order valence-electron chi connectivity index (χ1n) is 7.54. The van der Waals surface area contributed by atoms with Crippen LogP contribution in [0.5, 0.6) is 5.75 Å². The summed E-state index contributed by atoms with van der Waals surface area (Å²) in [6.45, 7) is 3.91. The van der Waals surface area contributed by atoms with Gasteiger partial charge in [0.2, 0.25) is 11.5 Å². The first kappa shape index (κ1) is 15.8. The van der Waals surface area contributed by atoms with Gasteiger partial charge in [0.1, 0.15) is 5.75 Å². The number of anilines is 1. The van der Waals surface area contributed by atoms with E-state index in [2.05, 4.69) is 10.3 Å². The number of aryl methyl sites for hydroxylation is 1. The van der Waals surface area contributed by atoms with Gasteiger partial charge in [-0.25, -0.2) is 0 Å². The van der Waals surface area contributed by atoms with Crippen LogP contribution in [0.2, 0.25) is 0 Å². The summed E-state index contributed by atoms with van der Waals surface area (Å²) in [7, 11) is 1.61. The van der Waals surface area contributed by atoms with E-state index in [1.165, 1.54) is 4.40 Å². The highest BCUT2D eigenvalue weighted by Gasteiger charge is 2.24. The van der Waals surface area contributed by atoms with Gasteiger partial charge >= 0.3 is 5.82 Å². The number of nitrogens with one attached hydrogen (secondary N) is 1. The van der Waals surface area contributed by atoms with Crippen LogP contribution in [0.15, 0.2) is 42.6 Å². The SMILES string of the molecule is COc1ccc(C)cc1[C@H](C)Nc1nc2ccccn2c1[N+](=O)[O-]. The Balaban J connectivity index is 2.02. The molecule has 0 aliphatic carbocycles. The number of nitro groups is 1. The zero-order chi connectivity index (χ0) is 17.3. The summed E-state index contributed by atoms with van der Waals surface area (Å²) in [4.78, 5) is 15.4. The summed E-state index contributed by atoms with van der Waals surface area (Å²) in [5.41, 5.74) is 2.53. The average Bonchev–Trinajstić information content (AvgIpc) is 2.92. The Hall–Kier alpha value is -3.09. The smallest absolute Gasteiger partial charge is 0.372 e. The highest BCUT2D eigenvalue weighted by molar-refractivity contribution is 5.63. The van der Waals surface area contributed by atoms with Gasteiger partial charge in [0.25, 0.3) is 0 Å². The number of rotatable bonds is 5. The molecule has 0 aliphatic heterocycles. The molecule has 124 valence electrons. The summed E-state index contributed by atoms with van der Waals surface area (Å²) in [6, 6.07) is 10.9. The van der Waals surface area contributed by atoms with Crippen LogP contribution in [-0.2, 0) is 0 Å². The van der Waals surface area contributed by atoms with Gasteiger partial charge < -0.3 is 20.2 Å². The highest BCUT2D eigenvalue weighted by Crippen LogP contribution is 2.32. The fraction of sp³-hybridized carbons (Fsp3) is 0.235. The molecule has 0 unspecified atom stereocenters. The van der Waals surface area contributed by atoms with Crippen molar-refractivity contribution >= 4 is 17.3 Å². The van der Waals surface area contributed by atoms with E-state index in [4.69, 9.17) is 4.74 Å². The predicted octanol–water partition coefficient (Wildman–Crippen LogP) is 3.73. The summed E-state index contributed by atoms with van der Waals surface area (Å²) in [5.74, 6) is 0.887. The third-order valence-electron chi connectivity index (χ3n) is 3.88. The Bertz CT molecular complexity index is 904. The van der Waals surface area contributed by atoms with Crippen LogP contribution in [-0.4, -0.2) is 21.4 Å². The molecule has 0 spiro atoms. The Kier molecular flexibility index (Phi) is 4.07. The van der Waals surface area contributed by atoms with Gasteiger partial charge in [-0.2, -0.15) is 9.38 Å². The van der Waals surface area contributed by atoms with Crippen molar-refractivity contribution in [1.82, 2.24) is 9.38 Å². The molecular formula is C17H18N4O3. The molecule has 7 heteroatoms. The lowest BCUT2D eigenvalue weighted by Gasteiger charge is -2.17. The van der Waals surface area contributed by atoms with Gasteiger partial charge in [0.05, 0.1) is 19.3 Å². The van der Waals surface area contributed by atoms with Crippen LogP contribution in [0.3, 0.4) is 0 Å². The van der Waals surface area contributed by atoms with E-state index >= 15 is 0 Å². The molecule has 0 aliphatic rings. The van der Waals surface area contributed by atoms with Crippen LogP contribution in [0.4, 0.5) is 11.6 Å². The molecule has 0 fully saturated rings. The molecule has 2 heterocycles. The molecule has 0 bridgehead atoms. The van der Waals surface area contributed by atoms with E-state index < -0.39 is 4.92 Å². The lowest BCUT2D eigenvalue weighted by molar-refractivity contribution is -0.389. The largest absolute Gasteiger partial charge is 0.496 e. The number of aromatic nitrogens is 2. The summed E-state index contributed by atoms with van der Waals surface area (Å²) in [6.07, 6.45) is 1.63. The highest BCUT2D eigenvalue weighted by atomic mass is 16.6. The minimum absolute atomic E-state index is 0.0796. The standard InChI is InChI=1S/C17H18N4O3/c1-11-7-8-14(24-3)13(10-11)12(2)18-16-17(21(22)23)20-9-5-4-6-15(20)19-16/h4-10,12,18H,1-3H3/t12-/m0/s1. The maximum Gasteiger partial charge on any atom is 0.372 e. The molecular weight excluding hydrogens is 308 g/mol. The number of hydrogen-bond acceptors (Lipinski definition) is 5. The van der Waals surface area contributed by atoms with Gasteiger partial charge in [0.15, 0.2) is 0 Å². The van der Waals surface area contributed by atoms with Crippen molar-refractivity contribution in [3.05, 3.63) is 63.8 Å². The zero-order valence-electron chi connectivity index (χ0n) is 13.7. The molecule has 1 N–H and O–H groups in total. The van der Waals surface area contributed by atoms with Crippen LogP contribution in [0.25, 0.3) is 5.65 Å². The molecule has 3 rings (SSSR count). The normalized spacial score (nSPS) is 12.1. The second-order valence-electron chi connectivity index (χ2n) is 5.58. The van der Waals surface area contributed by atoms with Crippen LogP contribution < -0.4 is 10.1 Å². The predicted molar refractivity (Wildman–Crippen MR) is 91.6 cm³/mol. The lowest BCUT2D eigenvalue weighted by atomic mass is 10.0. The van der Waals surface area contributed by atoms with Gasteiger partial charge in [-0.05, 0) is 30.9 Å². The van der Waals surface area contributed by atoms with E-state index in [0.717, 1.165) is 16.9 Å². The summed E-state index contributed by atoms with van der Waals surface area (Å²) >= 11 is 0. The number of hydrogen-bond donors (Lipinski definition) is 1. The fourth-order valence-electron chi connectivity index (χ4n) is 2.73. The maximum absolute atomic E-state index is 11.5. The molecule has 24 heavy (non-hydrogen) atoms. The Morgan fingerprint density at radius 2 is 2.12 bits per heavy atom.